The summed E-state index contributed by atoms with van der Waals surface area (Å²) in [5.74, 6) is 0.762. The van der Waals surface area contributed by atoms with E-state index < -0.39 is 6.10 Å². The van der Waals surface area contributed by atoms with E-state index in [1.165, 1.54) is 6.92 Å². The highest BCUT2D eigenvalue weighted by molar-refractivity contribution is 5.72. The summed E-state index contributed by atoms with van der Waals surface area (Å²) >= 11 is 0. The van der Waals surface area contributed by atoms with Crippen LogP contribution in [0.1, 0.15) is 25.0 Å². The van der Waals surface area contributed by atoms with Crippen LogP contribution in [-0.4, -0.2) is 37.8 Å². The zero-order chi connectivity index (χ0) is 14.1. The van der Waals surface area contributed by atoms with Crippen LogP contribution in [0.5, 0.6) is 5.75 Å². The molecule has 1 rings (SSSR count). The summed E-state index contributed by atoms with van der Waals surface area (Å²) in [6.07, 6.45) is 0.307. The Labute approximate surface area is 114 Å². The predicted molar refractivity (Wildman–Crippen MR) is 74.1 cm³/mol. The fourth-order valence-electron chi connectivity index (χ4n) is 1.66. The number of carbonyl (C=O) groups excluding carboxylic acids is 1. The molecule has 1 aromatic carbocycles. The van der Waals surface area contributed by atoms with Crippen LogP contribution in [0, 0.1) is 0 Å². The van der Waals surface area contributed by atoms with Gasteiger partial charge in [0.2, 0.25) is 5.91 Å². The van der Waals surface area contributed by atoms with Crippen LogP contribution in [0.15, 0.2) is 24.3 Å². The highest BCUT2D eigenvalue weighted by atomic mass is 16.5. The third-order valence-electron chi connectivity index (χ3n) is 2.74. The molecule has 1 atom stereocenters. The maximum Gasteiger partial charge on any atom is 0.216 e. The number of ether oxygens (including phenoxy) is 1. The second kappa shape index (κ2) is 8.50. The van der Waals surface area contributed by atoms with Gasteiger partial charge in [0.25, 0.3) is 0 Å². The van der Waals surface area contributed by atoms with E-state index in [1.54, 1.807) is 7.11 Å². The summed E-state index contributed by atoms with van der Waals surface area (Å²) in [4.78, 5) is 10.6. The standard InChI is InChI=1S/C14H22N2O3/c1-11(17)16-9-3-8-15-10-14(18)12-4-6-13(19-2)7-5-12/h4-7,14-15,18H,3,8-10H2,1-2H3,(H,16,17). The van der Waals surface area contributed by atoms with E-state index >= 15 is 0 Å². The maximum atomic E-state index is 10.6. The molecule has 0 heterocycles. The Morgan fingerprint density at radius 3 is 2.58 bits per heavy atom. The molecular weight excluding hydrogens is 244 g/mol. The minimum atomic E-state index is -0.535. The summed E-state index contributed by atoms with van der Waals surface area (Å²) in [5, 5.41) is 15.8. The Morgan fingerprint density at radius 2 is 2.00 bits per heavy atom. The minimum Gasteiger partial charge on any atom is -0.497 e. The Bertz CT molecular complexity index is 379. The summed E-state index contributed by atoms with van der Waals surface area (Å²) in [5.41, 5.74) is 0.857. The highest BCUT2D eigenvalue weighted by Crippen LogP contribution is 2.16. The number of rotatable bonds is 8. The first kappa shape index (κ1) is 15.5. The fourth-order valence-corrected chi connectivity index (χ4v) is 1.66. The van der Waals surface area contributed by atoms with Crippen molar-refractivity contribution in [3.63, 3.8) is 0 Å². The molecule has 0 fully saturated rings. The Balaban J connectivity index is 2.19. The van der Waals surface area contributed by atoms with Gasteiger partial charge in [-0.2, -0.15) is 0 Å². The lowest BCUT2D eigenvalue weighted by Gasteiger charge is -2.12. The molecule has 1 unspecified atom stereocenters. The molecule has 0 aliphatic rings. The van der Waals surface area contributed by atoms with Crippen LogP contribution < -0.4 is 15.4 Å². The first-order valence-corrected chi connectivity index (χ1v) is 6.40. The van der Waals surface area contributed by atoms with Gasteiger partial charge in [-0.3, -0.25) is 4.79 Å². The molecule has 1 aromatic rings. The van der Waals surface area contributed by atoms with Gasteiger partial charge in [0.1, 0.15) is 5.75 Å². The largest absolute Gasteiger partial charge is 0.497 e. The minimum absolute atomic E-state index is 0.0155. The van der Waals surface area contributed by atoms with E-state index in [4.69, 9.17) is 4.74 Å². The van der Waals surface area contributed by atoms with Gasteiger partial charge < -0.3 is 20.5 Å². The lowest BCUT2D eigenvalue weighted by Crippen LogP contribution is -2.27. The monoisotopic (exact) mass is 266 g/mol. The number of amides is 1. The summed E-state index contributed by atoms with van der Waals surface area (Å²) in [7, 11) is 1.61. The molecule has 0 aliphatic heterocycles. The number of benzene rings is 1. The average molecular weight is 266 g/mol. The van der Waals surface area contributed by atoms with Gasteiger partial charge >= 0.3 is 0 Å². The topological polar surface area (TPSA) is 70.6 Å². The predicted octanol–water partition coefficient (Wildman–Crippen LogP) is 0.844. The van der Waals surface area contributed by atoms with Crippen molar-refractivity contribution in [1.82, 2.24) is 10.6 Å². The number of hydrogen-bond acceptors (Lipinski definition) is 4. The number of methoxy groups -OCH3 is 1. The molecular formula is C14H22N2O3. The van der Waals surface area contributed by atoms with Gasteiger partial charge in [-0.1, -0.05) is 12.1 Å². The second-order valence-electron chi connectivity index (χ2n) is 4.33. The maximum absolute atomic E-state index is 10.6. The summed E-state index contributed by atoms with van der Waals surface area (Å²) in [6.45, 7) is 3.40. The third-order valence-corrected chi connectivity index (χ3v) is 2.74. The number of hydrogen-bond donors (Lipinski definition) is 3. The van der Waals surface area contributed by atoms with E-state index in [0.717, 1.165) is 24.3 Å². The summed E-state index contributed by atoms with van der Waals surface area (Å²) < 4.78 is 5.06. The van der Waals surface area contributed by atoms with Crippen LogP contribution in [0.3, 0.4) is 0 Å². The molecule has 19 heavy (non-hydrogen) atoms. The molecule has 0 spiro atoms. The molecule has 0 radical (unpaired) electrons. The normalized spacial score (nSPS) is 11.9. The van der Waals surface area contributed by atoms with Crippen LogP contribution in [0.4, 0.5) is 0 Å². The van der Waals surface area contributed by atoms with Crippen molar-refractivity contribution >= 4 is 5.91 Å². The van der Waals surface area contributed by atoms with E-state index in [0.29, 0.717) is 13.1 Å². The molecule has 0 aliphatic carbocycles. The molecule has 5 nitrogen and oxygen atoms in total. The molecule has 0 saturated carbocycles. The van der Waals surface area contributed by atoms with Crippen LogP contribution in [0.2, 0.25) is 0 Å². The molecule has 0 aromatic heterocycles. The Kier molecular flexibility index (Phi) is 6.92. The SMILES string of the molecule is COc1ccc(C(O)CNCCCNC(C)=O)cc1. The number of carbonyl (C=O) groups is 1. The van der Waals surface area contributed by atoms with Crippen LogP contribution in [0.25, 0.3) is 0 Å². The van der Waals surface area contributed by atoms with Crippen LogP contribution in [-0.2, 0) is 4.79 Å². The molecule has 3 N–H and O–H groups in total. The summed E-state index contributed by atoms with van der Waals surface area (Å²) in [6, 6.07) is 7.36. The average Bonchev–Trinajstić information content (AvgIpc) is 2.42. The lowest BCUT2D eigenvalue weighted by atomic mass is 10.1. The fraction of sp³-hybridized carbons (Fsp3) is 0.500. The van der Waals surface area contributed by atoms with Gasteiger partial charge in [-0.15, -0.1) is 0 Å². The van der Waals surface area contributed by atoms with Crippen molar-refractivity contribution in [1.29, 1.82) is 0 Å². The van der Waals surface area contributed by atoms with E-state index in [2.05, 4.69) is 10.6 Å². The van der Waals surface area contributed by atoms with Crippen molar-refractivity contribution in [3.05, 3.63) is 29.8 Å². The first-order valence-electron chi connectivity index (χ1n) is 6.40. The van der Waals surface area contributed by atoms with Crippen molar-refractivity contribution in [2.24, 2.45) is 0 Å². The van der Waals surface area contributed by atoms with E-state index in [1.807, 2.05) is 24.3 Å². The quantitative estimate of drug-likeness (QED) is 0.610. The van der Waals surface area contributed by atoms with Gasteiger partial charge in [0, 0.05) is 20.0 Å². The number of aliphatic hydroxyl groups excluding tert-OH is 1. The Morgan fingerprint density at radius 1 is 1.32 bits per heavy atom. The lowest BCUT2D eigenvalue weighted by molar-refractivity contribution is -0.118. The third kappa shape index (κ3) is 6.22. The highest BCUT2D eigenvalue weighted by Gasteiger charge is 2.06. The number of aliphatic hydroxyl groups is 1. The molecule has 1 amide bonds. The molecule has 5 heteroatoms. The van der Waals surface area contributed by atoms with Gasteiger partial charge in [0.05, 0.1) is 13.2 Å². The Hall–Kier alpha value is -1.59. The van der Waals surface area contributed by atoms with Crippen molar-refractivity contribution in [3.8, 4) is 5.75 Å². The van der Waals surface area contributed by atoms with Gasteiger partial charge in [0.15, 0.2) is 0 Å². The number of nitrogens with one attached hydrogen (secondary N) is 2. The molecule has 0 bridgehead atoms. The first-order chi connectivity index (χ1) is 9.13. The van der Waals surface area contributed by atoms with Gasteiger partial charge in [-0.25, -0.2) is 0 Å². The smallest absolute Gasteiger partial charge is 0.216 e. The van der Waals surface area contributed by atoms with Crippen molar-refractivity contribution in [2.45, 2.75) is 19.4 Å². The zero-order valence-corrected chi connectivity index (χ0v) is 11.5. The van der Waals surface area contributed by atoms with Crippen molar-refractivity contribution in [2.75, 3.05) is 26.7 Å². The molecule has 106 valence electrons. The van der Waals surface area contributed by atoms with E-state index in [9.17, 15) is 9.90 Å². The van der Waals surface area contributed by atoms with Gasteiger partial charge in [-0.05, 0) is 30.7 Å². The van der Waals surface area contributed by atoms with Crippen LogP contribution >= 0.6 is 0 Å². The molecule has 0 saturated heterocycles. The zero-order valence-electron chi connectivity index (χ0n) is 11.5. The second-order valence-corrected chi connectivity index (χ2v) is 4.33. The van der Waals surface area contributed by atoms with E-state index in [-0.39, 0.29) is 5.91 Å². The van der Waals surface area contributed by atoms with Crippen molar-refractivity contribution < 1.29 is 14.6 Å².